The van der Waals surface area contributed by atoms with Crippen molar-refractivity contribution in [3.63, 3.8) is 0 Å². The van der Waals surface area contributed by atoms with Crippen LogP contribution in [0.15, 0.2) is 61.1 Å². The predicted molar refractivity (Wildman–Crippen MR) is 129 cm³/mol. The van der Waals surface area contributed by atoms with Gasteiger partial charge in [0.1, 0.15) is 5.65 Å². The average Bonchev–Trinajstić information content (AvgIpc) is 3.18. The monoisotopic (exact) mass is 446 g/mol. The van der Waals surface area contributed by atoms with Crippen molar-refractivity contribution in [1.82, 2.24) is 19.2 Å². The first-order chi connectivity index (χ1) is 16.1. The van der Waals surface area contributed by atoms with Crippen molar-refractivity contribution in [2.75, 3.05) is 46.4 Å². The Labute approximate surface area is 196 Å². The fourth-order valence-corrected chi connectivity index (χ4v) is 5.44. The fourth-order valence-electron chi connectivity index (χ4n) is 5.44. The van der Waals surface area contributed by atoms with Crippen LogP contribution < -0.4 is 0 Å². The highest BCUT2D eigenvalue weighted by Crippen LogP contribution is 2.37. The van der Waals surface area contributed by atoms with Gasteiger partial charge in [-0.25, -0.2) is 4.98 Å². The van der Waals surface area contributed by atoms with Gasteiger partial charge in [0.15, 0.2) is 0 Å². The van der Waals surface area contributed by atoms with Crippen molar-refractivity contribution in [3.8, 4) is 0 Å². The van der Waals surface area contributed by atoms with Crippen molar-refractivity contribution in [2.45, 2.75) is 25.7 Å². The van der Waals surface area contributed by atoms with E-state index in [1.54, 1.807) is 0 Å². The van der Waals surface area contributed by atoms with E-state index in [1.165, 1.54) is 11.1 Å². The number of carbonyl (C=O) groups excluding carboxylic acids is 1. The van der Waals surface area contributed by atoms with Crippen molar-refractivity contribution >= 4 is 11.6 Å². The zero-order valence-electron chi connectivity index (χ0n) is 19.5. The predicted octanol–water partition coefficient (Wildman–Crippen LogP) is 3.31. The molecular formula is C27H34N4O2. The molecule has 2 fully saturated rings. The van der Waals surface area contributed by atoms with E-state index in [4.69, 9.17) is 4.74 Å². The van der Waals surface area contributed by atoms with Gasteiger partial charge < -0.3 is 18.9 Å². The molecule has 0 saturated carbocycles. The molecule has 1 aromatic carbocycles. The Hall–Kier alpha value is -2.70. The Morgan fingerprint density at radius 1 is 1.09 bits per heavy atom. The first kappa shape index (κ1) is 22.1. The molecule has 4 heterocycles. The van der Waals surface area contributed by atoms with Gasteiger partial charge in [-0.1, -0.05) is 36.4 Å². The lowest BCUT2D eigenvalue weighted by Gasteiger charge is -2.42. The maximum Gasteiger partial charge on any atom is 0.229 e. The van der Waals surface area contributed by atoms with Gasteiger partial charge in [-0.15, -0.1) is 0 Å². The summed E-state index contributed by atoms with van der Waals surface area (Å²) >= 11 is 0. The SMILES string of the molecule is CN1CCC(Cc2ccccc2)(C(=O)N2CCOCC(Cc3ccc4nccn4c3)C2)CC1. The van der Waals surface area contributed by atoms with E-state index in [-0.39, 0.29) is 11.3 Å². The van der Waals surface area contributed by atoms with Crippen molar-refractivity contribution in [1.29, 1.82) is 0 Å². The number of hydrogen-bond acceptors (Lipinski definition) is 4. The average molecular weight is 447 g/mol. The third-order valence-electron chi connectivity index (χ3n) is 7.38. The van der Waals surface area contributed by atoms with Crippen molar-refractivity contribution in [2.24, 2.45) is 11.3 Å². The van der Waals surface area contributed by atoms with Crippen LogP contribution in [0.4, 0.5) is 0 Å². The summed E-state index contributed by atoms with van der Waals surface area (Å²) in [4.78, 5) is 22.9. The summed E-state index contributed by atoms with van der Waals surface area (Å²) in [6.07, 6.45) is 9.49. The second kappa shape index (κ2) is 9.65. The van der Waals surface area contributed by atoms with E-state index in [1.807, 2.05) is 18.5 Å². The number of aromatic nitrogens is 2. The van der Waals surface area contributed by atoms with Gasteiger partial charge >= 0.3 is 0 Å². The molecule has 2 aliphatic heterocycles. The molecule has 0 spiro atoms. The maximum absolute atomic E-state index is 14.1. The van der Waals surface area contributed by atoms with Crippen LogP contribution in [-0.2, 0) is 22.4 Å². The highest BCUT2D eigenvalue weighted by atomic mass is 16.5. The lowest BCUT2D eigenvalue weighted by Crippen LogP contribution is -2.52. The number of benzene rings is 1. The van der Waals surface area contributed by atoms with E-state index >= 15 is 0 Å². The number of rotatable bonds is 5. The van der Waals surface area contributed by atoms with Crippen molar-refractivity contribution in [3.05, 3.63) is 72.2 Å². The molecule has 3 aromatic rings. The van der Waals surface area contributed by atoms with Crippen LogP contribution in [-0.4, -0.2) is 71.5 Å². The summed E-state index contributed by atoms with van der Waals surface area (Å²) in [5.74, 6) is 0.609. The molecule has 1 amide bonds. The molecular weight excluding hydrogens is 412 g/mol. The molecule has 0 N–H and O–H groups in total. The Morgan fingerprint density at radius 2 is 1.91 bits per heavy atom. The normalized spacial score (nSPS) is 21.7. The molecule has 2 aliphatic rings. The van der Waals surface area contributed by atoms with E-state index in [2.05, 4.69) is 68.8 Å². The molecule has 6 heteroatoms. The molecule has 0 bridgehead atoms. The third-order valence-corrected chi connectivity index (χ3v) is 7.38. The first-order valence-electron chi connectivity index (χ1n) is 12.1. The van der Waals surface area contributed by atoms with Gasteiger partial charge in [-0.3, -0.25) is 4.79 Å². The second-order valence-corrected chi connectivity index (χ2v) is 9.87. The van der Waals surface area contributed by atoms with Crippen LogP contribution in [0.3, 0.4) is 0 Å². The summed E-state index contributed by atoms with van der Waals surface area (Å²) in [6, 6.07) is 14.7. The number of nitrogens with zero attached hydrogens (tertiary/aromatic N) is 4. The Morgan fingerprint density at radius 3 is 2.73 bits per heavy atom. The topological polar surface area (TPSA) is 50.1 Å². The Bertz CT molecular complexity index is 1070. The van der Waals surface area contributed by atoms with Crippen LogP contribution >= 0.6 is 0 Å². The molecule has 0 aliphatic carbocycles. The van der Waals surface area contributed by atoms with E-state index in [0.29, 0.717) is 25.7 Å². The fraction of sp³-hybridized carbons (Fsp3) is 0.481. The standard InChI is InChI=1S/C27H34N4O2/c1-29-12-9-27(10-13-29,18-22-5-3-2-4-6-22)26(32)31-15-16-33-21-24(20-31)17-23-7-8-25-28-11-14-30(25)19-23/h2-8,11,14,19,24H,9-10,12-13,15-18,20-21H2,1H3. The molecule has 6 nitrogen and oxygen atoms in total. The van der Waals surface area contributed by atoms with E-state index in [9.17, 15) is 4.79 Å². The van der Waals surface area contributed by atoms with Gasteiger partial charge in [-0.05, 0) is 63.0 Å². The number of fused-ring (bicyclic) bond motifs is 1. The number of imidazole rings is 1. The second-order valence-electron chi connectivity index (χ2n) is 9.87. The summed E-state index contributed by atoms with van der Waals surface area (Å²) < 4.78 is 8.03. The van der Waals surface area contributed by atoms with Gasteiger partial charge in [0, 0.05) is 37.6 Å². The number of hydrogen-bond donors (Lipinski definition) is 0. The molecule has 0 radical (unpaired) electrons. The Balaban J connectivity index is 1.34. The molecule has 33 heavy (non-hydrogen) atoms. The number of carbonyl (C=O) groups is 1. The molecule has 2 aromatic heterocycles. The van der Waals surface area contributed by atoms with E-state index in [0.717, 1.165) is 51.0 Å². The summed E-state index contributed by atoms with van der Waals surface area (Å²) in [5, 5.41) is 0. The van der Waals surface area contributed by atoms with Crippen LogP contribution in [0.1, 0.15) is 24.0 Å². The summed E-state index contributed by atoms with van der Waals surface area (Å²) in [7, 11) is 2.16. The molecule has 5 rings (SSSR count). The highest BCUT2D eigenvalue weighted by Gasteiger charge is 2.43. The lowest BCUT2D eigenvalue weighted by atomic mass is 9.72. The van der Waals surface area contributed by atoms with Gasteiger partial charge in [0.2, 0.25) is 5.91 Å². The van der Waals surface area contributed by atoms with Crippen LogP contribution in [0.25, 0.3) is 5.65 Å². The number of piperidine rings is 1. The van der Waals surface area contributed by atoms with Crippen molar-refractivity contribution < 1.29 is 9.53 Å². The lowest BCUT2D eigenvalue weighted by molar-refractivity contribution is -0.145. The highest BCUT2D eigenvalue weighted by molar-refractivity contribution is 5.83. The van der Waals surface area contributed by atoms with Gasteiger partial charge in [-0.2, -0.15) is 0 Å². The zero-order chi connectivity index (χ0) is 22.7. The minimum atomic E-state index is -0.321. The van der Waals surface area contributed by atoms with Crippen LogP contribution in [0.5, 0.6) is 0 Å². The molecule has 1 atom stereocenters. The summed E-state index contributed by atoms with van der Waals surface area (Å²) in [6.45, 7) is 4.69. The Kier molecular flexibility index (Phi) is 6.47. The molecule has 174 valence electrons. The largest absolute Gasteiger partial charge is 0.379 e. The van der Waals surface area contributed by atoms with Crippen LogP contribution in [0, 0.1) is 11.3 Å². The minimum Gasteiger partial charge on any atom is -0.379 e. The number of ether oxygens (including phenoxy) is 1. The van der Waals surface area contributed by atoms with E-state index < -0.39 is 0 Å². The summed E-state index contributed by atoms with van der Waals surface area (Å²) in [5.41, 5.74) is 3.14. The maximum atomic E-state index is 14.1. The number of amides is 1. The minimum absolute atomic E-state index is 0.289. The van der Waals surface area contributed by atoms with Gasteiger partial charge in [0.25, 0.3) is 0 Å². The first-order valence-corrected chi connectivity index (χ1v) is 12.1. The quantitative estimate of drug-likeness (QED) is 0.603. The number of pyridine rings is 1. The molecule has 1 unspecified atom stereocenters. The van der Waals surface area contributed by atoms with Gasteiger partial charge in [0.05, 0.1) is 18.6 Å². The zero-order valence-corrected chi connectivity index (χ0v) is 19.5. The third kappa shape index (κ3) is 4.97. The number of likely N-dealkylation sites (tertiary alicyclic amines) is 1. The molecule has 2 saturated heterocycles. The van der Waals surface area contributed by atoms with Crippen LogP contribution in [0.2, 0.25) is 0 Å². The smallest absolute Gasteiger partial charge is 0.229 e.